The van der Waals surface area contributed by atoms with E-state index < -0.39 is 46.9 Å². The Morgan fingerprint density at radius 3 is 1.39 bits per heavy atom. The second-order valence-electron chi connectivity index (χ2n) is 8.01. The number of aromatic hydroxyl groups is 2. The van der Waals surface area contributed by atoms with Crippen molar-refractivity contribution in [2.45, 2.75) is 6.18 Å². The molecule has 0 bridgehead atoms. The molecule has 8 nitrogen and oxygen atoms in total. The van der Waals surface area contributed by atoms with E-state index >= 15 is 0 Å². The molecule has 0 spiro atoms. The van der Waals surface area contributed by atoms with Crippen molar-refractivity contribution in [1.82, 2.24) is 0 Å². The van der Waals surface area contributed by atoms with E-state index in [1.54, 1.807) is 24.3 Å². The monoisotopic (exact) mass is 594 g/mol. The lowest BCUT2D eigenvalue weighted by molar-refractivity contribution is -0.137. The number of anilines is 4. The molecule has 0 saturated heterocycles. The van der Waals surface area contributed by atoms with Gasteiger partial charge in [-0.25, -0.2) is 18.4 Å². The largest absolute Gasteiger partial charge is 0.503 e. The summed E-state index contributed by atoms with van der Waals surface area (Å²) in [5, 5.41) is 28.7. The summed E-state index contributed by atoms with van der Waals surface area (Å²) in [7, 11) is 0. The lowest BCUT2D eigenvalue weighted by atomic mass is 10.2. The van der Waals surface area contributed by atoms with Crippen LogP contribution in [-0.2, 0) is 6.18 Å². The molecule has 41 heavy (non-hydrogen) atoms. The molecule has 0 radical (unpaired) electrons. The van der Waals surface area contributed by atoms with Crippen LogP contribution in [0, 0.1) is 11.6 Å². The number of carbonyl (C=O) groups is 2. The lowest BCUT2D eigenvalue weighted by Crippen LogP contribution is -2.19. The van der Waals surface area contributed by atoms with Gasteiger partial charge in [0, 0.05) is 16.4 Å². The van der Waals surface area contributed by atoms with E-state index in [2.05, 4.69) is 21.3 Å². The third-order valence-corrected chi connectivity index (χ3v) is 5.29. The van der Waals surface area contributed by atoms with E-state index in [0.29, 0.717) is 10.7 Å². The summed E-state index contributed by atoms with van der Waals surface area (Å²) in [6, 6.07) is 16.3. The highest BCUT2D eigenvalue weighted by Crippen LogP contribution is 2.30. The third kappa shape index (κ3) is 9.00. The van der Waals surface area contributed by atoms with Crippen molar-refractivity contribution >= 4 is 46.4 Å². The summed E-state index contributed by atoms with van der Waals surface area (Å²) in [5.41, 5.74) is -0.378. The van der Waals surface area contributed by atoms with Crippen LogP contribution in [0.15, 0.2) is 84.9 Å². The van der Waals surface area contributed by atoms with E-state index in [4.69, 9.17) is 11.6 Å². The van der Waals surface area contributed by atoms with Gasteiger partial charge in [0.25, 0.3) is 0 Å². The molecule has 14 heteroatoms. The minimum absolute atomic E-state index is 0.00790. The molecule has 0 saturated carbocycles. The predicted molar refractivity (Wildman–Crippen MR) is 144 cm³/mol. The van der Waals surface area contributed by atoms with Crippen LogP contribution in [0.25, 0.3) is 0 Å². The molecule has 0 unspecified atom stereocenters. The molecule has 0 fully saturated rings. The Bertz CT molecular complexity index is 1520. The number of phenols is 2. The Labute approximate surface area is 234 Å². The van der Waals surface area contributed by atoms with E-state index in [1.807, 2.05) is 0 Å². The summed E-state index contributed by atoms with van der Waals surface area (Å²) in [5.74, 6) is -3.05. The van der Waals surface area contributed by atoms with Gasteiger partial charge in [-0.15, -0.1) is 0 Å². The van der Waals surface area contributed by atoms with E-state index in [1.165, 1.54) is 24.3 Å². The summed E-state index contributed by atoms with van der Waals surface area (Å²) in [4.78, 5) is 23.3. The van der Waals surface area contributed by atoms with E-state index in [9.17, 15) is 41.8 Å². The van der Waals surface area contributed by atoms with Crippen molar-refractivity contribution in [2.24, 2.45) is 0 Å². The molecule has 214 valence electrons. The summed E-state index contributed by atoms with van der Waals surface area (Å²) in [6.45, 7) is 0. The molecule has 4 amide bonds. The van der Waals surface area contributed by atoms with Crippen LogP contribution in [0.3, 0.4) is 0 Å². The second kappa shape index (κ2) is 13.3. The number of hydrogen-bond donors (Lipinski definition) is 6. The van der Waals surface area contributed by atoms with Gasteiger partial charge < -0.3 is 31.5 Å². The van der Waals surface area contributed by atoms with Gasteiger partial charge in [-0.2, -0.15) is 13.2 Å². The zero-order valence-electron chi connectivity index (χ0n) is 20.6. The molecular formula is C27H20ClF5N4O4. The number of benzene rings is 4. The van der Waals surface area contributed by atoms with Gasteiger partial charge in [0.2, 0.25) is 0 Å². The molecule has 4 aromatic carbocycles. The first-order chi connectivity index (χ1) is 19.3. The Hall–Kier alpha value is -5.04. The Balaban J connectivity index is 0.000000228. The number of urea groups is 2. The molecule has 4 rings (SSSR count). The zero-order chi connectivity index (χ0) is 30.2. The summed E-state index contributed by atoms with van der Waals surface area (Å²) >= 11 is 5.71. The molecular weight excluding hydrogens is 575 g/mol. The quantitative estimate of drug-likeness (QED) is 0.106. The number of para-hydroxylation sites is 2. The smallest absolute Gasteiger partial charge is 0.416 e. The summed E-state index contributed by atoms with van der Waals surface area (Å²) < 4.78 is 63.3. The van der Waals surface area contributed by atoms with Crippen LogP contribution in [0.1, 0.15) is 5.56 Å². The number of phenolic OH excluding ortho intramolecular Hbond substituents is 2. The number of hydrogen-bond acceptors (Lipinski definition) is 4. The van der Waals surface area contributed by atoms with Crippen LogP contribution >= 0.6 is 11.6 Å². The van der Waals surface area contributed by atoms with Gasteiger partial charge in [-0.3, -0.25) is 0 Å². The third-order valence-electron chi connectivity index (χ3n) is 5.04. The molecule has 0 aromatic heterocycles. The first kappa shape index (κ1) is 30.5. The number of amides is 4. The zero-order valence-corrected chi connectivity index (χ0v) is 21.3. The average molecular weight is 595 g/mol. The summed E-state index contributed by atoms with van der Waals surface area (Å²) in [6.07, 6.45) is -4.46. The maximum absolute atomic E-state index is 13.1. The molecule has 0 atom stereocenters. The fraction of sp³-hybridized carbons (Fsp3) is 0.0370. The van der Waals surface area contributed by atoms with Gasteiger partial charge in [-0.1, -0.05) is 23.7 Å². The van der Waals surface area contributed by atoms with Gasteiger partial charge >= 0.3 is 18.2 Å². The van der Waals surface area contributed by atoms with Crippen molar-refractivity contribution in [1.29, 1.82) is 0 Å². The van der Waals surface area contributed by atoms with Gasteiger partial charge in [0.05, 0.1) is 16.9 Å². The molecule has 4 aromatic rings. The average Bonchev–Trinajstić information content (AvgIpc) is 2.91. The molecule has 0 aliphatic rings. The molecule has 0 aliphatic heterocycles. The number of carbonyl (C=O) groups excluding carboxylic acids is 2. The standard InChI is InChI=1S/C14H10F4N2O2.C13H10ClFN2O2/c15-10-2-1-3-11(12(10)21)20-13(22)19-9-6-4-8(5-7-9)14(16,17)18;14-8-4-6-9(7-5-8)16-13(19)17-11-3-1-2-10(15)12(11)18/h1-7,21H,(H2,19,20,22);1-7,18H,(H2,16,17,19). The molecule has 6 N–H and O–H groups in total. The highest BCUT2D eigenvalue weighted by atomic mass is 35.5. The molecule has 0 aliphatic carbocycles. The maximum atomic E-state index is 13.1. The van der Waals surface area contributed by atoms with Gasteiger partial charge in [-0.05, 0) is 72.8 Å². The van der Waals surface area contributed by atoms with E-state index in [-0.39, 0.29) is 17.1 Å². The predicted octanol–water partition coefficient (Wildman–Crippen LogP) is 8.02. The minimum Gasteiger partial charge on any atom is -0.503 e. The fourth-order valence-corrected chi connectivity index (χ4v) is 3.20. The van der Waals surface area contributed by atoms with Crippen LogP contribution < -0.4 is 21.3 Å². The lowest BCUT2D eigenvalue weighted by Gasteiger charge is -2.10. The van der Waals surface area contributed by atoms with Crippen molar-refractivity contribution in [3.63, 3.8) is 0 Å². The highest BCUT2D eigenvalue weighted by molar-refractivity contribution is 6.30. The normalized spacial score (nSPS) is 10.6. The van der Waals surface area contributed by atoms with Crippen molar-refractivity contribution in [3.05, 3.63) is 107 Å². The first-order valence-electron chi connectivity index (χ1n) is 11.4. The first-order valence-corrected chi connectivity index (χ1v) is 11.7. The Morgan fingerprint density at radius 1 is 0.610 bits per heavy atom. The minimum atomic E-state index is -4.46. The number of alkyl halides is 3. The van der Waals surface area contributed by atoms with Crippen LogP contribution in [0.5, 0.6) is 11.5 Å². The number of halogens is 6. The van der Waals surface area contributed by atoms with Gasteiger partial charge in [0.1, 0.15) is 0 Å². The SMILES string of the molecule is O=C(Nc1ccc(C(F)(F)F)cc1)Nc1cccc(F)c1O.O=C(Nc1ccc(Cl)cc1)Nc1cccc(F)c1O. The Morgan fingerprint density at radius 2 is 1.00 bits per heavy atom. The Kier molecular flexibility index (Phi) is 9.93. The van der Waals surface area contributed by atoms with Crippen molar-refractivity contribution in [3.8, 4) is 11.5 Å². The topological polar surface area (TPSA) is 123 Å². The number of nitrogens with one attached hydrogen (secondary N) is 4. The number of rotatable bonds is 4. The maximum Gasteiger partial charge on any atom is 0.416 e. The van der Waals surface area contributed by atoms with Crippen molar-refractivity contribution < 1.29 is 41.8 Å². The second-order valence-corrected chi connectivity index (χ2v) is 8.45. The molecule has 0 heterocycles. The van der Waals surface area contributed by atoms with Gasteiger partial charge in [0.15, 0.2) is 23.1 Å². The highest BCUT2D eigenvalue weighted by Gasteiger charge is 2.30. The van der Waals surface area contributed by atoms with Crippen LogP contribution in [0.2, 0.25) is 5.02 Å². The van der Waals surface area contributed by atoms with Crippen molar-refractivity contribution in [2.75, 3.05) is 21.3 Å². The van der Waals surface area contributed by atoms with Crippen LogP contribution in [0.4, 0.5) is 54.3 Å². The van der Waals surface area contributed by atoms with Crippen LogP contribution in [-0.4, -0.2) is 22.3 Å². The van der Waals surface area contributed by atoms with E-state index in [0.717, 1.165) is 36.4 Å². The fourth-order valence-electron chi connectivity index (χ4n) is 3.08.